The Balaban J connectivity index is 2.56. The minimum Gasteiger partial charge on any atom is -0.388 e. The Morgan fingerprint density at radius 3 is 2.19 bits per heavy atom. The SMILES string of the molecule is CC(C)(O)C(C)(C)NC(=O)C1CCOCC1. The van der Waals surface area contributed by atoms with Crippen LogP contribution in [0.15, 0.2) is 0 Å². The molecule has 1 amide bonds. The van der Waals surface area contributed by atoms with E-state index in [1.807, 2.05) is 13.8 Å². The summed E-state index contributed by atoms with van der Waals surface area (Å²) in [6.45, 7) is 8.39. The van der Waals surface area contributed by atoms with Crippen LogP contribution in [-0.2, 0) is 9.53 Å². The van der Waals surface area contributed by atoms with Crippen LogP contribution in [0.2, 0.25) is 0 Å². The van der Waals surface area contributed by atoms with Crippen molar-refractivity contribution in [2.45, 2.75) is 51.7 Å². The molecular formula is C12H23NO3. The Bertz CT molecular complexity index is 249. The van der Waals surface area contributed by atoms with Crippen LogP contribution in [0.4, 0.5) is 0 Å². The number of hydrogen-bond donors (Lipinski definition) is 2. The molecule has 2 N–H and O–H groups in total. The maximum absolute atomic E-state index is 12.0. The van der Waals surface area contributed by atoms with Gasteiger partial charge < -0.3 is 15.2 Å². The highest BCUT2D eigenvalue weighted by Crippen LogP contribution is 2.23. The molecule has 0 aliphatic carbocycles. The van der Waals surface area contributed by atoms with Crippen LogP contribution in [-0.4, -0.2) is 35.4 Å². The molecule has 1 rings (SSSR count). The lowest BCUT2D eigenvalue weighted by atomic mass is 9.85. The number of rotatable bonds is 3. The van der Waals surface area contributed by atoms with Crippen molar-refractivity contribution in [1.29, 1.82) is 0 Å². The highest BCUT2D eigenvalue weighted by molar-refractivity contribution is 5.79. The molecule has 4 nitrogen and oxygen atoms in total. The second kappa shape index (κ2) is 4.72. The van der Waals surface area contributed by atoms with Gasteiger partial charge in [0.05, 0.1) is 11.1 Å². The Morgan fingerprint density at radius 1 is 1.25 bits per heavy atom. The predicted molar refractivity (Wildman–Crippen MR) is 62.1 cm³/mol. The van der Waals surface area contributed by atoms with Crippen LogP contribution in [0.5, 0.6) is 0 Å². The Hall–Kier alpha value is -0.610. The van der Waals surface area contributed by atoms with E-state index in [9.17, 15) is 9.90 Å². The van der Waals surface area contributed by atoms with Crippen LogP contribution in [0.25, 0.3) is 0 Å². The zero-order valence-corrected chi connectivity index (χ0v) is 10.7. The smallest absolute Gasteiger partial charge is 0.223 e. The highest BCUT2D eigenvalue weighted by Gasteiger charge is 2.37. The minimum absolute atomic E-state index is 0.0235. The summed E-state index contributed by atoms with van der Waals surface area (Å²) in [5.74, 6) is 0.0470. The third-order valence-corrected chi connectivity index (χ3v) is 3.56. The lowest BCUT2D eigenvalue weighted by Gasteiger charge is -2.39. The third kappa shape index (κ3) is 3.19. The van der Waals surface area contributed by atoms with Gasteiger partial charge in [0.25, 0.3) is 0 Å². The van der Waals surface area contributed by atoms with Crippen LogP contribution >= 0.6 is 0 Å². The van der Waals surface area contributed by atoms with Crippen molar-refractivity contribution in [1.82, 2.24) is 5.32 Å². The van der Waals surface area contributed by atoms with Gasteiger partial charge in [-0.1, -0.05) is 0 Å². The molecule has 0 aromatic carbocycles. The van der Waals surface area contributed by atoms with E-state index in [-0.39, 0.29) is 11.8 Å². The number of ether oxygens (including phenoxy) is 1. The number of carbonyl (C=O) groups excluding carboxylic acids is 1. The van der Waals surface area contributed by atoms with Crippen LogP contribution in [0.3, 0.4) is 0 Å². The standard InChI is InChI=1S/C12H23NO3/c1-11(2,12(3,4)15)13-10(14)9-5-7-16-8-6-9/h9,15H,5-8H2,1-4H3,(H,13,14). The average Bonchev–Trinajstić information content (AvgIpc) is 2.16. The van der Waals surface area contributed by atoms with E-state index in [0.717, 1.165) is 12.8 Å². The summed E-state index contributed by atoms with van der Waals surface area (Å²) in [7, 11) is 0. The van der Waals surface area contributed by atoms with Gasteiger partial charge in [0.15, 0.2) is 0 Å². The van der Waals surface area contributed by atoms with Gasteiger partial charge in [-0.2, -0.15) is 0 Å². The van der Waals surface area contributed by atoms with E-state index in [1.165, 1.54) is 0 Å². The number of nitrogens with one attached hydrogen (secondary N) is 1. The molecule has 1 aliphatic rings. The Morgan fingerprint density at radius 2 is 1.75 bits per heavy atom. The first-order valence-electron chi connectivity index (χ1n) is 5.86. The van der Waals surface area contributed by atoms with Crippen LogP contribution in [0, 0.1) is 5.92 Å². The molecule has 94 valence electrons. The van der Waals surface area contributed by atoms with Crippen molar-refractivity contribution in [3.8, 4) is 0 Å². The Kier molecular flexibility index (Phi) is 3.97. The molecule has 1 saturated heterocycles. The van der Waals surface area contributed by atoms with Gasteiger partial charge in [0.2, 0.25) is 5.91 Å². The maximum atomic E-state index is 12.0. The molecule has 1 fully saturated rings. The summed E-state index contributed by atoms with van der Waals surface area (Å²) >= 11 is 0. The van der Waals surface area contributed by atoms with Gasteiger partial charge in [0, 0.05) is 19.1 Å². The van der Waals surface area contributed by atoms with E-state index in [2.05, 4.69) is 5.32 Å². The monoisotopic (exact) mass is 229 g/mol. The first-order chi connectivity index (χ1) is 7.24. The van der Waals surface area contributed by atoms with Gasteiger partial charge in [-0.25, -0.2) is 0 Å². The summed E-state index contributed by atoms with van der Waals surface area (Å²) in [6.07, 6.45) is 1.54. The molecule has 0 unspecified atom stereocenters. The fourth-order valence-electron chi connectivity index (χ4n) is 1.52. The minimum atomic E-state index is -0.937. The summed E-state index contributed by atoms with van der Waals surface area (Å²) in [4.78, 5) is 12.0. The molecular weight excluding hydrogens is 206 g/mol. The molecule has 0 bridgehead atoms. The summed E-state index contributed by atoms with van der Waals surface area (Å²) in [5, 5.41) is 12.9. The molecule has 0 atom stereocenters. The fourth-order valence-corrected chi connectivity index (χ4v) is 1.52. The molecule has 0 saturated carbocycles. The normalized spacial score (nSPS) is 19.6. The average molecular weight is 229 g/mol. The van der Waals surface area contributed by atoms with Crippen molar-refractivity contribution >= 4 is 5.91 Å². The van der Waals surface area contributed by atoms with Gasteiger partial charge in [-0.15, -0.1) is 0 Å². The zero-order chi connectivity index (χ0) is 12.4. The second-order valence-electron chi connectivity index (χ2n) is 5.56. The van der Waals surface area contributed by atoms with Crippen LogP contribution in [0.1, 0.15) is 40.5 Å². The molecule has 4 heteroatoms. The fraction of sp³-hybridized carbons (Fsp3) is 0.917. The van der Waals surface area contributed by atoms with Gasteiger partial charge in [-0.3, -0.25) is 4.79 Å². The summed E-state index contributed by atoms with van der Waals surface area (Å²) < 4.78 is 5.22. The predicted octanol–water partition coefficient (Wildman–Crippen LogP) is 1.08. The lowest BCUT2D eigenvalue weighted by molar-refractivity contribution is -0.132. The Labute approximate surface area is 97.4 Å². The number of amides is 1. The van der Waals surface area contributed by atoms with Crippen molar-refractivity contribution in [3.05, 3.63) is 0 Å². The molecule has 16 heavy (non-hydrogen) atoms. The summed E-state index contributed by atoms with van der Waals surface area (Å²) in [6, 6.07) is 0. The topological polar surface area (TPSA) is 58.6 Å². The molecule has 0 aromatic rings. The third-order valence-electron chi connectivity index (χ3n) is 3.56. The number of carbonyl (C=O) groups is 1. The highest BCUT2D eigenvalue weighted by atomic mass is 16.5. The number of hydrogen-bond acceptors (Lipinski definition) is 3. The molecule has 1 aliphatic heterocycles. The molecule has 0 radical (unpaired) electrons. The quantitative estimate of drug-likeness (QED) is 0.761. The summed E-state index contributed by atoms with van der Waals surface area (Å²) in [5.41, 5.74) is -1.56. The zero-order valence-electron chi connectivity index (χ0n) is 10.7. The van der Waals surface area contributed by atoms with Crippen molar-refractivity contribution in [2.75, 3.05) is 13.2 Å². The van der Waals surface area contributed by atoms with Crippen LogP contribution < -0.4 is 5.32 Å². The van der Waals surface area contributed by atoms with Gasteiger partial charge >= 0.3 is 0 Å². The van der Waals surface area contributed by atoms with Crippen molar-refractivity contribution < 1.29 is 14.6 Å². The van der Waals surface area contributed by atoms with E-state index < -0.39 is 11.1 Å². The van der Waals surface area contributed by atoms with Crippen molar-refractivity contribution in [3.63, 3.8) is 0 Å². The van der Waals surface area contributed by atoms with E-state index >= 15 is 0 Å². The van der Waals surface area contributed by atoms with Gasteiger partial charge in [-0.05, 0) is 40.5 Å². The largest absolute Gasteiger partial charge is 0.388 e. The lowest BCUT2D eigenvalue weighted by Crippen LogP contribution is -2.59. The number of aliphatic hydroxyl groups is 1. The molecule has 1 heterocycles. The first kappa shape index (κ1) is 13.5. The van der Waals surface area contributed by atoms with E-state index in [0.29, 0.717) is 13.2 Å². The maximum Gasteiger partial charge on any atom is 0.223 e. The first-order valence-corrected chi connectivity index (χ1v) is 5.86. The molecule has 0 spiro atoms. The second-order valence-corrected chi connectivity index (χ2v) is 5.56. The van der Waals surface area contributed by atoms with E-state index in [4.69, 9.17) is 4.74 Å². The van der Waals surface area contributed by atoms with Gasteiger partial charge in [0.1, 0.15) is 0 Å². The van der Waals surface area contributed by atoms with Crippen molar-refractivity contribution in [2.24, 2.45) is 5.92 Å². The van der Waals surface area contributed by atoms with E-state index in [1.54, 1.807) is 13.8 Å². The molecule has 0 aromatic heterocycles.